The molecular formula is C30H42ClN3O2. The van der Waals surface area contributed by atoms with Crippen molar-refractivity contribution in [3.8, 4) is 0 Å². The number of hydrogen-bond acceptors (Lipinski definition) is 4. The molecule has 2 aromatic rings. The number of nitrogens with zero attached hydrogens (tertiary/aromatic N) is 1. The number of rotatable bonds is 8. The van der Waals surface area contributed by atoms with Crippen molar-refractivity contribution in [1.29, 1.82) is 0 Å². The summed E-state index contributed by atoms with van der Waals surface area (Å²) in [6.07, 6.45) is 5.31. The van der Waals surface area contributed by atoms with Crippen LogP contribution in [-0.2, 0) is 4.79 Å². The second kappa shape index (κ2) is 12.1. The third-order valence-corrected chi connectivity index (χ3v) is 7.89. The van der Waals surface area contributed by atoms with Gasteiger partial charge in [-0.1, -0.05) is 73.3 Å². The van der Waals surface area contributed by atoms with Gasteiger partial charge in [0.15, 0.2) is 0 Å². The van der Waals surface area contributed by atoms with Crippen molar-refractivity contribution in [1.82, 2.24) is 15.5 Å². The van der Waals surface area contributed by atoms with Gasteiger partial charge in [-0.05, 0) is 68.7 Å². The van der Waals surface area contributed by atoms with Crippen molar-refractivity contribution in [2.75, 3.05) is 19.6 Å². The van der Waals surface area contributed by atoms with Gasteiger partial charge in [-0.3, -0.25) is 9.69 Å². The summed E-state index contributed by atoms with van der Waals surface area (Å²) >= 11 is 6.13. The van der Waals surface area contributed by atoms with Crippen LogP contribution in [0.5, 0.6) is 0 Å². The van der Waals surface area contributed by atoms with Gasteiger partial charge in [-0.15, -0.1) is 0 Å². The van der Waals surface area contributed by atoms with Crippen LogP contribution in [0.4, 0.5) is 0 Å². The minimum atomic E-state index is -0.589. The number of nitrogens with one attached hydrogen (secondary N) is 2. The standard InChI is InChI=1S/C30H42ClN3O2/c1-30(2,3)33-29(36)27-17-23-11-7-8-12-24(23)19-34(27)20-26(35)18-32-28(21-9-5-4-6-10-21)22-13-15-25(31)16-14-22/h4-6,9-10,13-16,23-24,26-28,32,35H,7-8,11-12,17-20H2,1-3H3,(H,33,36)/t23-,24+,26+,27-,28?/m0/s1. The van der Waals surface area contributed by atoms with E-state index >= 15 is 0 Å². The molecule has 3 N–H and O–H groups in total. The first-order valence-electron chi connectivity index (χ1n) is 13.5. The van der Waals surface area contributed by atoms with Gasteiger partial charge < -0.3 is 15.7 Å². The van der Waals surface area contributed by atoms with E-state index in [0.717, 1.165) is 24.1 Å². The summed E-state index contributed by atoms with van der Waals surface area (Å²) in [4.78, 5) is 15.5. The van der Waals surface area contributed by atoms with Gasteiger partial charge in [0.2, 0.25) is 5.91 Å². The number of benzene rings is 2. The number of amides is 1. The number of aliphatic hydroxyl groups excluding tert-OH is 1. The predicted molar refractivity (Wildman–Crippen MR) is 147 cm³/mol. The van der Waals surface area contributed by atoms with Gasteiger partial charge in [0.1, 0.15) is 0 Å². The largest absolute Gasteiger partial charge is 0.390 e. The summed E-state index contributed by atoms with van der Waals surface area (Å²) in [5.41, 5.74) is 1.97. The molecule has 5 nitrogen and oxygen atoms in total. The van der Waals surface area contributed by atoms with Crippen LogP contribution in [0.3, 0.4) is 0 Å². The smallest absolute Gasteiger partial charge is 0.237 e. The number of halogens is 1. The number of hydrogen-bond donors (Lipinski definition) is 3. The van der Waals surface area contributed by atoms with Crippen LogP contribution in [0.1, 0.15) is 70.0 Å². The summed E-state index contributed by atoms with van der Waals surface area (Å²) in [7, 11) is 0. The van der Waals surface area contributed by atoms with E-state index in [9.17, 15) is 9.90 Å². The molecule has 5 atom stereocenters. The molecule has 1 aliphatic carbocycles. The lowest BCUT2D eigenvalue weighted by Crippen LogP contribution is -2.59. The summed E-state index contributed by atoms with van der Waals surface area (Å²) < 4.78 is 0. The van der Waals surface area contributed by atoms with Crippen LogP contribution in [0.2, 0.25) is 5.02 Å². The number of aliphatic hydroxyl groups is 1. The van der Waals surface area contributed by atoms with Crippen molar-refractivity contribution in [2.45, 2.75) is 76.6 Å². The second-order valence-corrected chi connectivity index (χ2v) is 12.1. The van der Waals surface area contributed by atoms with Gasteiger partial charge in [-0.2, -0.15) is 0 Å². The molecule has 1 unspecified atom stereocenters. The Balaban J connectivity index is 1.44. The van der Waals surface area contributed by atoms with Crippen LogP contribution in [0.15, 0.2) is 54.6 Å². The maximum absolute atomic E-state index is 13.3. The number of carbonyl (C=O) groups excluding carboxylic acids is 1. The average molecular weight is 512 g/mol. The fourth-order valence-electron chi connectivity index (χ4n) is 5.94. The third kappa shape index (κ3) is 7.32. The lowest BCUT2D eigenvalue weighted by molar-refractivity contribution is -0.132. The molecule has 2 aliphatic rings. The first-order valence-corrected chi connectivity index (χ1v) is 13.9. The molecule has 6 heteroatoms. The SMILES string of the molecule is CC(C)(C)NC(=O)[C@@H]1C[C@@H]2CCCC[C@@H]2CN1C[C@H](O)CNC(c1ccccc1)c1ccc(Cl)cc1. The monoisotopic (exact) mass is 511 g/mol. The molecule has 0 radical (unpaired) electrons. The lowest BCUT2D eigenvalue weighted by Gasteiger charge is -2.46. The van der Waals surface area contributed by atoms with E-state index in [4.69, 9.17) is 11.6 Å². The Labute approximate surface area is 221 Å². The molecule has 1 saturated heterocycles. The van der Waals surface area contributed by atoms with Gasteiger partial charge in [0.05, 0.1) is 18.2 Å². The molecule has 1 saturated carbocycles. The highest BCUT2D eigenvalue weighted by Crippen LogP contribution is 2.38. The van der Waals surface area contributed by atoms with Crippen molar-refractivity contribution in [3.05, 3.63) is 70.7 Å². The maximum Gasteiger partial charge on any atom is 0.237 e. The van der Waals surface area contributed by atoms with Crippen molar-refractivity contribution < 1.29 is 9.90 Å². The minimum Gasteiger partial charge on any atom is -0.390 e. The predicted octanol–water partition coefficient (Wildman–Crippen LogP) is 5.18. The number of β-amino-alcohol motifs (C(OH)–C–C–N with tert-alkyl or cyclic N) is 1. The minimum absolute atomic E-state index is 0.0535. The lowest BCUT2D eigenvalue weighted by atomic mass is 9.72. The highest BCUT2D eigenvalue weighted by Gasteiger charge is 2.41. The number of carbonyl (C=O) groups is 1. The molecule has 1 amide bonds. The maximum atomic E-state index is 13.3. The molecule has 4 rings (SSSR count). The van der Waals surface area contributed by atoms with E-state index in [0.29, 0.717) is 29.9 Å². The zero-order valence-electron chi connectivity index (χ0n) is 21.9. The quantitative estimate of drug-likeness (QED) is 0.457. The van der Waals surface area contributed by atoms with E-state index in [1.54, 1.807) is 0 Å². The molecule has 196 valence electrons. The Kier molecular flexibility index (Phi) is 9.10. The molecular weight excluding hydrogens is 470 g/mol. The van der Waals surface area contributed by atoms with E-state index in [1.165, 1.54) is 25.7 Å². The molecule has 0 bridgehead atoms. The van der Waals surface area contributed by atoms with E-state index in [-0.39, 0.29) is 23.5 Å². The molecule has 0 spiro atoms. The van der Waals surface area contributed by atoms with Crippen molar-refractivity contribution >= 4 is 17.5 Å². The zero-order chi connectivity index (χ0) is 25.7. The normalized spacial score (nSPS) is 24.5. The first kappa shape index (κ1) is 27.1. The van der Waals surface area contributed by atoms with E-state index < -0.39 is 6.10 Å². The van der Waals surface area contributed by atoms with Gasteiger partial charge in [-0.25, -0.2) is 0 Å². The van der Waals surface area contributed by atoms with Gasteiger partial charge >= 0.3 is 0 Å². The van der Waals surface area contributed by atoms with Crippen LogP contribution in [0, 0.1) is 11.8 Å². The van der Waals surface area contributed by atoms with Gasteiger partial charge in [0, 0.05) is 30.2 Å². The number of piperidine rings is 1. The van der Waals surface area contributed by atoms with Crippen molar-refractivity contribution in [3.63, 3.8) is 0 Å². The Morgan fingerprint density at radius 3 is 2.33 bits per heavy atom. The highest BCUT2D eigenvalue weighted by atomic mass is 35.5. The number of fused-ring (bicyclic) bond motifs is 1. The molecule has 0 aromatic heterocycles. The zero-order valence-corrected chi connectivity index (χ0v) is 22.7. The molecule has 36 heavy (non-hydrogen) atoms. The number of likely N-dealkylation sites (tertiary alicyclic amines) is 1. The van der Waals surface area contributed by atoms with E-state index in [2.05, 4.69) is 27.7 Å². The summed E-state index contributed by atoms with van der Waals surface area (Å²) in [6, 6.07) is 17.9. The molecule has 2 fully saturated rings. The highest BCUT2D eigenvalue weighted by molar-refractivity contribution is 6.30. The van der Waals surface area contributed by atoms with E-state index in [1.807, 2.05) is 63.2 Å². The van der Waals surface area contributed by atoms with Crippen LogP contribution >= 0.6 is 11.6 Å². The third-order valence-electron chi connectivity index (χ3n) is 7.64. The Hall–Kier alpha value is -1.92. The molecule has 1 aliphatic heterocycles. The topological polar surface area (TPSA) is 64.6 Å². The van der Waals surface area contributed by atoms with Crippen molar-refractivity contribution in [2.24, 2.45) is 11.8 Å². The molecule has 1 heterocycles. The van der Waals surface area contributed by atoms with Crippen LogP contribution < -0.4 is 10.6 Å². The fourth-order valence-corrected chi connectivity index (χ4v) is 6.07. The summed E-state index contributed by atoms with van der Waals surface area (Å²) in [5, 5.41) is 18.6. The van der Waals surface area contributed by atoms with Crippen LogP contribution in [0.25, 0.3) is 0 Å². The summed E-state index contributed by atoms with van der Waals surface area (Å²) in [6.45, 7) is 7.90. The Morgan fingerprint density at radius 1 is 1.03 bits per heavy atom. The Bertz CT molecular complexity index is 976. The summed E-state index contributed by atoms with van der Waals surface area (Å²) in [5.74, 6) is 1.34. The average Bonchev–Trinajstić information content (AvgIpc) is 2.84. The van der Waals surface area contributed by atoms with Gasteiger partial charge in [0.25, 0.3) is 0 Å². The molecule has 2 aromatic carbocycles. The van der Waals surface area contributed by atoms with Crippen LogP contribution in [-0.4, -0.2) is 53.2 Å². The first-order chi connectivity index (χ1) is 17.2. The fraction of sp³-hybridized carbons (Fsp3) is 0.567. The Morgan fingerprint density at radius 2 is 1.67 bits per heavy atom. The second-order valence-electron chi connectivity index (χ2n) is 11.7.